The number of nitrogens with zero attached hydrogens (tertiary/aromatic N) is 2. The van der Waals surface area contributed by atoms with Crippen LogP contribution in [0.5, 0.6) is 0 Å². The number of hydrogen-bond donors (Lipinski definition) is 0. The normalized spacial score (nSPS) is 13.4. The summed E-state index contributed by atoms with van der Waals surface area (Å²) in [7, 11) is 0. The SMILES string of the molecule is CC(C)(C)c1ccc(N(c2cccc(Cl)c2)c2cc(Cl)cc(-n3c4c(c5ccccc53)C(C)(C)c3ccccc3-4)c2)c(-c2ccccc2)c1. The van der Waals surface area contributed by atoms with Crippen molar-refractivity contribution in [2.24, 2.45) is 0 Å². The van der Waals surface area contributed by atoms with E-state index >= 15 is 0 Å². The minimum Gasteiger partial charge on any atom is -0.310 e. The molecule has 0 radical (unpaired) electrons. The molecule has 0 spiro atoms. The van der Waals surface area contributed by atoms with E-state index in [-0.39, 0.29) is 10.8 Å². The van der Waals surface area contributed by atoms with Crippen LogP contribution in [-0.4, -0.2) is 4.57 Å². The van der Waals surface area contributed by atoms with E-state index in [2.05, 4.69) is 165 Å². The van der Waals surface area contributed by atoms with Gasteiger partial charge in [-0.1, -0.05) is 143 Å². The fraction of sp³-hybridized carbons (Fsp3) is 0.156. The highest BCUT2D eigenvalue weighted by atomic mass is 35.5. The maximum absolute atomic E-state index is 7.15. The van der Waals surface area contributed by atoms with Crippen LogP contribution < -0.4 is 4.90 Å². The zero-order valence-corrected chi connectivity index (χ0v) is 29.9. The predicted molar refractivity (Wildman–Crippen MR) is 210 cm³/mol. The largest absolute Gasteiger partial charge is 0.310 e. The third kappa shape index (κ3) is 5.26. The van der Waals surface area contributed by atoms with Gasteiger partial charge in [0.15, 0.2) is 0 Å². The topological polar surface area (TPSA) is 8.17 Å². The Labute approximate surface area is 299 Å². The number of benzene rings is 6. The molecular formula is C45H38Cl2N2. The van der Waals surface area contributed by atoms with Gasteiger partial charge in [0.2, 0.25) is 0 Å². The van der Waals surface area contributed by atoms with Crippen molar-refractivity contribution in [3.05, 3.63) is 166 Å². The summed E-state index contributed by atoms with van der Waals surface area (Å²) < 4.78 is 2.41. The molecule has 2 nitrogen and oxygen atoms in total. The molecule has 0 unspecified atom stereocenters. The minimum atomic E-state index is -0.148. The maximum atomic E-state index is 7.15. The first-order chi connectivity index (χ1) is 23.5. The lowest BCUT2D eigenvalue weighted by Gasteiger charge is -2.30. The first kappa shape index (κ1) is 31.5. The van der Waals surface area contributed by atoms with Crippen molar-refractivity contribution in [3.8, 4) is 28.1 Å². The van der Waals surface area contributed by atoms with Crippen LogP contribution in [0.15, 0.2) is 140 Å². The summed E-state index contributed by atoms with van der Waals surface area (Å²) in [6.07, 6.45) is 0. The van der Waals surface area contributed by atoms with Crippen LogP contribution in [0, 0.1) is 0 Å². The molecule has 49 heavy (non-hydrogen) atoms. The Hall–Kier alpha value is -4.76. The number of para-hydroxylation sites is 1. The molecule has 1 aliphatic carbocycles. The highest BCUT2D eigenvalue weighted by Gasteiger charge is 2.40. The lowest BCUT2D eigenvalue weighted by atomic mass is 9.81. The summed E-state index contributed by atoms with van der Waals surface area (Å²) in [5, 5.41) is 2.59. The highest BCUT2D eigenvalue weighted by Crippen LogP contribution is 2.54. The fourth-order valence-electron chi connectivity index (χ4n) is 7.67. The van der Waals surface area contributed by atoms with Crippen LogP contribution in [0.25, 0.3) is 39.0 Å². The maximum Gasteiger partial charge on any atom is 0.0585 e. The lowest BCUT2D eigenvalue weighted by Crippen LogP contribution is -2.15. The van der Waals surface area contributed by atoms with Gasteiger partial charge in [-0.15, -0.1) is 0 Å². The molecule has 1 aromatic heterocycles. The summed E-state index contributed by atoms with van der Waals surface area (Å²) in [6, 6.07) is 49.5. The van der Waals surface area contributed by atoms with Gasteiger partial charge in [0.25, 0.3) is 0 Å². The van der Waals surface area contributed by atoms with Crippen LogP contribution in [0.4, 0.5) is 17.1 Å². The Kier molecular flexibility index (Phi) is 7.52. The van der Waals surface area contributed by atoms with Crippen molar-refractivity contribution in [2.45, 2.75) is 45.4 Å². The van der Waals surface area contributed by atoms with E-state index < -0.39 is 0 Å². The molecule has 1 aliphatic rings. The quantitative estimate of drug-likeness (QED) is 0.176. The minimum absolute atomic E-state index is 0.0217. The van der Waals surface area contributed by atoms with Crippen LogP contribution in [-0.2, 0) is 10.8 Å². The number of halogens is 2. The molecule has 0 atom stereocenters. The van der Waals surface area contributed by atoms with Gasteiger partial charge < -0.3 is 9.47 Å². The molecule has 6 aromatic carbocycles. The summed E-state index contributed by atoms with van der Waals surface area (Å²) in [4.78, 5) is 2.29. The fourth-order valence-corrected chi connectivity index (χ4v) is 8.08. The number of hydrogen-bond acceptors (Lipinski definition) is 1. The zero-order valence-electron chi connectivity index (χ0n) is 28.4. The zero-order chi connectivity index (χ0) is 34.1. The third-order valence-corrected chi connectivity index (χ3v) is 10.4. The molecule has 0 aliphatic heterocycles. The molecule has 0 bridgehead atoms. The summed E-state index contributed by atoms with van der Waals surface area (Å²) >= 11 is 13.8. The van der Waals surface area contributed by atoms with Gasteiger partial charge in [-0.2, -0.15) is 0 Å². The average molecular weight is 678 g/mol. The second-order valence-electron chi connectivity index (χ2n) is 14.6. The number of rotatable bonds is 5. The molecular weight excluding hydrogens is 639 g/mol. The van der Waals surface area contributed by atoms with E-state index in [1.165, 1.54) is 33.3 Å². The smallest absolute Gasteiger partial charge is 0.0585 e. The highest BCUT2D eigenvalue weighted by molar-refractivity contribution is 6.31. The van der Waals surface area contributed by atoms with Crippen molar-refractivity contribution >= 4 is 51.2 Å². The van der Waals surface area contributed by atoms with Crippen molar-refractivity contribution < 1.29 is 0 Å². The van der Waals surface area contributed by atoms with Gasteiger partial charge in [-0.05, 0) is 82.3 Å². The van der Waals surface area contributed by atoms with E-state index in [0.29, 0.717) is 10.0 Å². The Morgan fingerprint density at radius 1 is 0.612 bits per heavy atom. The number of fused-ring (bicyclic) bond motifs is 5. The Balaban J connectivity index is 1.42. The van der Waals surface area contributed by atoms with Gasteiger partial charge in [0.05, 0.1) is 16.9 Å². The Morgan fingerprint density at radius 3 is 2.10 bits per heavy atom. The monoisotopic (exact) mass is 676 g/mol. The number of anilines is 3. The molecule has 0 saturated heterocycles. The first-order valence-corrected chi connectivity index (χ1v) is 17.6. The summed E-state index contributed by atoms with van der Waals surface area (Å²) in [5.74, 6) is 0. The van der Waals surface area contributed by atoms with Crippen LogP contribution in [0.3, 0.4) is 0 Å². The van der Waals surface area contributed by atoms with Crippen LogP contribution in [0.2, 0.25) is 10.0 Å². The molecule has 0 saturated carbocycles. The molecule has 0 fully saturated rings. The van der Waals surface area contributed by atoms with Crippen LogP contribution in [0.1, 0.15) is 51.3 Å². The van der Waals surface area contributed by atoms with E-state index in [1.54, 1.807) is 0 Å². The lowest BCUT2D eigenvalue weighted by molar-refractivity contribution is 0.590. The predicted octanol–water partition coefficient (Wildman–Crippen LogP) is 13.7. The molecule has 242 valence electrons. The number of aromatic nitrogens is 1. The molecule has 0 amide bonds. The third-order valence-electron chi connectivity index (χ3n) is 9.99. The van der Waals surface area contributed by atoms with E-state index in [4.69, 9.17) is 23.2 Å². The van der Waals surface area contributed by atoms with E-state index in [9.17, 15) is 0 Å². The second kappa shape index (κ2) is 11.7. The Bertz CT molecular complexity index is 2380. The van der Waals surface area contributed by atoms with Gasteiger partial charge in [-0.3, -0.25) is 0 Å². The molecule has 1 heterocycles. The van der Waals surface area contributed by atoms with Gasteiger partial charge in [-0.25, -0.2) is 0 Å². The second-order valence-corrected chi connectivity index (χ2v) is 15.5. The van der Waals surface area contributed by atoms with Gasteiger partial charge in [0, 0.05) is 49.0 Å². The van der Waals surface area contributed by atoms with E-state index in [1.807, 2.05) is 18.2 Å². The average Bonchev–Trinajstić information content (AvgIpc) is 3.55. The molecule has 0 N–H and O–H groups in total. The van der Waals surface area contributed by atoms with Crippen molar-refractivity contribution in [3.63, 3.8) is 0 Å². The van der Waals surface area contributed by atoms with Crippen molar-refractivity contribution in [2.75, 3.05) is 4.90 Å². The van der Waals surface area contributed by atoms with Gasteiger partial charge >= 0.3 is 0 Å². The van der Waals surface area contributed by atoms with Crippen molar-refractivity contribution in [1.29, 1.82) is 0 Å². The molecule has 7 aromatic rings. The molecule has 8 rings (SSSR count). The summed E-state index contributed by atoms with van der Waals surface area (Å²) in [5.41, 5.74) is 13.7. The van der Waals surface area contributed by atoms with Crippen molar-refractivity contribution in [1.82, 2.24) is 4.57 Å². The van der Waals surface area contributed by atoms with Crippen LogP contribution >= 0.6 is 23.2 Å². The Morgan fingerprint density at radius 2 is 1.33 bits per heavy atom. The molecule has 4 heteroatoms. The first-order valence-electron chi connectivity index (χ1n) is 16.8. The van der Waals surface area contributed by atoms with E-state index in [0.717, 1.165) is 39.4 Å². The van der Waals surface area contributed by atoms with Gasteiger partial charge in [0.1, 0.15) is 0 Å². The standard InChI is InChI=1S/C45H38Cl2N2/c1-44(2,3)30-22-23-41(38(24-30)29-14-7-6-8-15-29)48(33-17-13-16-31(46)25-33)34-26-32(47)27-35(28-34)49-40-21-12-10-19-37(40)42-43(49)36-18-9-11-20-39(36)45(42,4)5/h6-28H,1-5H3. The summed E-state index contributed by atoms with van der Waals surface area (Å²) in [6.45, 7) is 11.5.